The van der Waals surface area contributed by atoms with E-state index >= 15 is 0 Å². The van der Waals surface area contributed by atoms with Gasteiger partial charge in [0.05, 0.1) is 17.2 Å². The molecule has 2 fully saturated rings. The Morgan fingerprint density at radius 1 is 1.33 bits per heavy atom. The van der Waals surface area contributed by atoms with Crippen molar-refractivity contribution >= 4 is 38.8 Å². The van der Waals surface area contributed by atoms with Crippen LogP contribution in [0.25, 0.3) is 0 Å². The van der Waals surface area contributed by atoms with E-state index in [0.717, 1.165) is 12.8 Å². The van der Waals surface area contributed by atoms with Crippen molar-refractivity contribution in [1.29, 1.82) is 0 Å². The molecule has 2 heterocycles. The quantitative estimate of drug-likeness (QED) is 0.840. The number of rotatable bonds is 3. The van der Waals surface area contributed by atoms with Crippen molar-refractivity contribution in [3.05, 3.63) is 28.8 Å². The number of thiocarbonyl (C=S) groups is 1. The van der Waals surface area contributed by atoms with Crippen LogP contribution in [0.15, 0.2) is 23.1 Å². The molecule has 0 radical (unpaired) electrons. The zero-order valence-corrected chi connectivity index (χ0v) is 13.5. The Bertz CT molecular complexity index is 681. The van der Waals surface area contributed by atoms with Crippen LogP contribution in [-0.2, 0) is 14.8 Å². The highest BCUT2D eigenvalue weighted by molar-refractivity contribution is 7.89. The second-order valence-electron chi connectivity index (χ2n) is 5.29. The van der Waals surface area contributed by atoms with Crippen molar-refractivity contribution in [1.82, 2.24) is 4.31 Å². The van der Waals surface area contributed by atoms with E-state index in [0.29, 0.717) is 18.7 Å². The van der Waals surface area contributed by atoms with Crippen molar-refractivity contribution in [2.45, 2.75) is 29.9 Å². The number of hydrogen-bond donors (Lipinski definition) is 1. The van der Waals surface area contributed by atoms with E-state index in [1.165, 1.54) is 16.4 Å². The fourth-order valence-electron chi connectivity index (χ4n) is 2.77. The molecule has 2 aliphatic heterocycles. The van der Waals surface area contributed by atoms with Crippen molar-refractivity contribution in [3.8, 4) is 0 Å². The van der Waals surface area contributed by atoms with E-state index in [9.17, 15) is 8.42 Å². The summed E-state index contributed by atoms with van der Waals surface area (Å²) in [5, 5.41) is 0.175. The molecule has 21 heavy (non-hydrogen) atoms. The summed E-state index contributed by atoms with van der Waals surface area (Å²) < 4.78 is 32.7. The molecule has 0 aromatic heterocycles. The summed E-state index contributed by atoms with van der Waals surface area (Å²) in [6.07, 6.45) is 1.77. The molecule has 1 aromatic carbocycles. The number of nitrogens with zero attached hydrogens (tertiary/aromatic N) is 1. The maximum atomic E-state index is 12.8. The first kappa shape index (κ1) is 15.2. The predicted octanol–water partition coefficient (Wildman–Crippen LogP) is 1.53. The second-order valence-corrected chi connectivity index (χ2v) is 8.04. The number of fused-ring (bicyclic) bond motifs is 2. The SMILES string of the molecule is NC(=S)c1ccc(Cl)c(S(=O)(=O)N2CC3CCC(C2)O3)c1. The number of halogens is 1. The first-order valence-electron chi connectivity index (χ1n) is 6.63. The van der Waals surface area contributed by atoms with Crippen LogP contribution < -0.4 is 5.73 Å². The highest BCUT2D eigenvalue weighted by Crippen LogP contribution is 2.32. The Hall–Kier alpha value is -0.730. The molecule has 2 bridgehead atoms. The number of hydrogen-bond acceptors (Lipinski definition) is 4. The third-order valence-electron chi connectivity index (χ3n) is 3.84. The standard InChI is InChI=1S/C13H15ClN2O3S2/c14-11-4-1-8(13(15)20)5-12(11)21(17,18)16-6-9-2-3-10(7-16)19-9/h1,4-5,9-10H,2-3,6-7H2,(H2,15,20). The smallest absolute Gasteiger partial charge is 0.244 e. The van der Waals surface area contributed by atoms with Crippen molar-refractivity contribution in [2.24, 2.45) is 5.73 Å². The van der Waals surface area contributed by atoms with Gasteiger partial charge < -0.3 is 10.5 Å². The van der Waals surface area contributed by atoms with Gasteiger partial charge >= 0.3 is 0 Å². The van der Waals surface area contributed by atoms with Gasteiger partial charge in [-0.25, -0.2) is 8.42 Å². The summed E-state index contributed by atoms with van der Waals surface area (Å²) in [5.74, 6) is 0. The molecule has 8 heteroatoms. The minimum atomic E-state index is -3.67. The molecule has 0 amide bonds. The maximum absolute atomic E-state index is 12.8. The average Bonchev–Trinajstić information content (AvgIpc) is 2.77. The zero-order chi connectivity index (χ0) is 15.2. The van der Waals surface area contributed by atoms with Gasteiger partial charge in [0, 0.05) is 18.7 Å². The van der Waals surface area contributed by atoms with Gasteiger partial charge in [-0.15, -0.1) is 0 Å². The van der Waals surface area contributed by atoms with E-state index < -0.39 is 10.0 Å². The molecule has 3 rings (SSSR count). The molecule has 5 nitrogen and oxygen atoms in total. The molecule has 114 valence electrons. The van der Waals surface area contributed by atoms with Crippen LogP contribution in [0, 0.1) is 0 Å². The fraction of sp³-hybridized carbons (Fsp3) is 0.462. The Morgan fingerprint density at radius 2 is 1.95 bits per heavy atom. The summed E-state index contributed by atoms with van der Waals surface area (Å²) in [6, 6.07) is 4.57. The van der Waals surface area contributed by atoms with Crippen LogP contribution in [0.3, 0.4) is 0 Å². The minimum absolute atomic E-state index is 0.0175. The first-order valence-corrected chi connectivity index (χ1v) is 8.85. The summed E-state index contributed by atoms with van der Waals surface area (Å²) >= 11 is 11.0. The molecule has 2 unspecified atom stereocenters. The third-order valence-corrected chi connectivity index (χ3v) is 6.39. The van der Waals surface area contributed by atoms with Gasteiger partial charge in [-0.2, -0.15) is 4.31 Å². The van der Waals surface area contributed by atoms with E-state index in [4.69, 9.17) is 34.3 Å². The number of benzene rings is 1. The summed E-state index contributed by atoms with van der Waals surface area (Å²) in [7, 11) is -3.67. The van der Waals surface area contributed by atoms with Crippen molar-refractivity contribution in [2.75, 3.05) is 13.1 Å². The van der Waals surface area contributed by atoms with Crippen LogP contribution in [0.1, 0.15) is 18.4 Å². The number of nitrogens with two attached hydrogens (primary N) is 1. The lowest BCUT2D eigenvalue weighted by Gasteiger charge is -2.31. The number of sulfonamides is 1. The predicted molar refractivity (Wildman–Crippen MR) is 84.0 cm³/mol. The Morgan fingerprint density at radius 3 is 2.52 bits per heavy atom. The van der Waals surface area contributed by atoms with E-state index in [1.54, 1.807) is 6.07 Å². The Balaban J connectivity index is 1.98. The average molecular weight is 347 g/mol. The maximum Gasteiger partial charge on any atom is 0.244 e. The van der Waals surface area contributed by atoms with E-state index in [-0.39, 0.29) is 27.1 Å². The summed E-state index contributed by atoms with van der Waals surface area (Å²) in [5.41, 5.74) is 6.06. The van der Waals surface area contributed by atoms with Gasteiger partial charge in [-0.3, -0.25) is 0 Å². The molecule has 2 aliphatic rings. The minimum Gasteiger partial charge on any atom is -0.389 e. The summed E-state index contributed by atoms with van der Waals surface area (Å²) in [6.45, 7) is 0.735. The fourth-order valence-corrected chi connectivity index (χ4v) is 4.90. The highest BCUT2D eigenvalue weighted by atomic mass is 35.5. The first-order chi connectivity index (χ1) is 9.88. The van der Waals surface area contributed by atoms with Crippen molar-refractivity contribution in [3.63, 3.8) is 0 Å². The monoisotopic (exact) mass is 346 g/mol. The van der Waals surface area contributed by atoms with E-state index in [2.05, 4.69) is 0 Å². The molecule has 2 atom stereocenters. The second kappa shape index (κ2) is 5.48. The van der Waals surface area contributed by atoms with Crippen LogP contribution in [0.5, 0.6) is 0 Å². The lowest BCUT2D eigenvalue weighted by Crippen LogP contribution is -2.45. The Labute approximate surface area is 134 Å². The van der Waals surface area contributed by atoms with E-state index in [1.807, 2.05) is 0 Å². The number of morpholine rings is 1. The lowest BCUT2D eigenvalue weighted by atomic mass is 10.2. The largest absolute Gasteiger partial charge is 0.389 e. The molecule has 0 spiro atoms. The van der Waals surface area contributed by atoms with Crippen LogP contribution in [-0.4, -0.2) is 43.0 Å². The zero-order valence-electron chi connectivity index (χ0n) is 11.2. The van der Waals surface area contributed by atoms with Crippen LogP contribution in [0.4, 0.5) is 0 Å². The number of ether oxygens (including phenoxy) is 1. The molecule has 2 saturated heterocycles. The van der Waals surface area contributed by atoms with Gasteiger partial charge in [0.1, 0.15) is 9.88 Å². The Kier molecular flexibility index (Phi) is 3.96. The molecule has 0 saturated carbocycles. The van der Waals surface area contributed by atoms with Crippen molar-refractivity contribution < 1.29 is 13.2 Å². The van der Waals surface area contributed by atoms with Crippen LogP contribution in [0.2, 0.25) is 5.02 Å². The van der Waals surface area contributed by atoms with Gasteiger partial charge in [-0.05, 0) is 25.0 Å². The molecule has 1 aromatic rings. The van der Waals surface area contributed by atoms with Gasteiger partial charge in [0.2, 0.25) is 10.0 Å². The topological polar surface area (TPSA) is 72.6 Å². The normalized spacial score (nSPS) is 26.0. The molecular formula is C13H15ClN2O3S2. The summed E-state index contributed by atoms with van der Waals surface area (Å²) in [4.78, 5) is 0.195. The molecule has 2 N–H and O–H groups in total. The lowest BCUT2D eigenvalue weighted by molar-refractivity contribution is -0.0114. The molecular weight excluding hydrogens is 332 g/mol. The van der Waals surface area contributed by atoms with Gasteiger partial charge in [-0.1, -0.05) is 29.9 Å². The highest BCUT2D eigenvalue weighted by Gasteiger charge is 2.40. The molecule has 0 aliphatic carbocycles. The van der Waals surface area contributed by atoms with Gasteiger partial charge in [0.25, 0.3) is 0 Å². The van der Waals surface area contributed by atoms with Gasteiger partial charge in [0.15, 0.2) is 0 Å². The van der Waals surface area contributed by atoms with Crippen LogP contribution >= 0.6 is 23.8 Å². The third kappa shape index (κ3) is 2.80.